The summed E-state index contributed by atoms with van der Waals surface area (Å²) in [6, 6.07) is 5.03. The Hall–Kier alpha value is -2.06. The lowest BCUT2D eigenvalue weighted by Crippen LogP contribution is -2.41. The number of anilines is 1. The van der Waals surface area contributed by atoms with E-state index in [1.165, 1.54) is 0 Å². The number of carbonyl (C=O) groups excluding carboxylic acids is 1. The average molecular weight is 377 g/mol. The summed E-state index contributed by atoms with van der Waals surface area (Å²) in [5, 5.41) is 11.8. The molecule has 0 radical (unpaired) electrons. The number of rotatable bonds is 4. The number of aliphatic carboxylic acids is 1. The Balaban J connectivity index is 2.32. The zero-order valence-electron chi connectivity index (χ0n) is 17.0. The lowest BCUT2D eigenvalue weighted by Gasteiger charge is -2.32. The molecule has 0 aromatic heterocycles. The van der Waals surface area contributed by atoms with Crippen molar-refractivity contribution in [2.45, 2.75) is 71.7 Å². The zero-order chi connectivity index (χ0) is 20.6. The quantitative estimate of drug-likeness (QED) is 0.784. The van der Waals surface area contributed by atoms with Crippen LogP contribution in [0.15, 0.2) is 18.2 Å². The van der Waals surface area contributed by atoms with Gasteiger partial charge in [-0.3, -0.25) is 10.1 Å². The van der Waals surface area contributed by atoms with E-state index in [0.717, 1.165) is 0 Å². The Morgan fingerprint density at radius 1 is 1.11 bits per heavy atom. The lowest BCUT2D eigenvalue weighted by molar-refractivity contribution is -0.136. The second-order valence-corrected chi connectivity index (χ2v) is 8.75. The molecule has 1 aromatic rings. The highest BCUT2D eigenvalue weighted by atomic mass is 16.7. The van der Waals surface area contributed by atoms with E-state index >= 15 is 0 Å². The SMILES string of the molecule is CC(C)(C)OC(=O)Nc1cc(CC(=O)O)cc(B2OC(C)(C)C(C)(C)O2)c1. The van der Waals surface area contributed by atoms with Crippen LogP contribution in [0.25, 0.3) is 0 Å². The Kier molecular flexibility index (Phi) is 5.64. The Labute approximate surface area is 160 Å². The van der Waals surface area contributed by atoms with Crippen molar-refractivity contribution in [3.8, 4) is 0 Å². The van der Waals surface area contributed by atoms with Gasteiger partial charge in [0.25, 0.3) is 0 Å². The highest BCUT2D eigenvalue weighted by molar-refractivity contribution is 6.62. The van der Waals surface area contributed by atoms with E-state index in [9.17, 15) is 9.59 Å². The standard InChI is InChI=1S/C19H28BNO6/c1-17(2,3)25-16(24)21-14-9-12(10-15(22)23)8-13(11-14)20-26-18(4,5)19(6,7)27-20/h8-9,11H,10H2,1-7H3,(H,21,24)(H,22,23). The molecular weight excluding hydrogens is 349 g/mol. The number of benzene rings is 1. The number of amides is 1. The minimum Gasteiger partial charge on any atom is -0.481 e. The lowest BCUT2D eigenvalue weighted by atomic mass is 9.78. The van der Waals surface area contributed by atoms with Gasteiger partial charge in [-0.05, 0) is 71.6 Å². The number of carboxylic acids is 1. The summed E-state index contributed by atoms with van der Waals surface area (Å²) in [6.45, 7) is 13.1. The van der Waals surface area contributed by atoms with E-state index < -0.39 is 36.0 Å². The number of hydrogen-bond acceptors (Lipinski definition) is 5. The van der Waals surface area contributed by atoms with Gasteiger partial charge in [-0.1, -0.05) is 6.07 Å². The van der Waals surface area contributed by atoms with Gasteiger partial charge in [0, 0.05) is 5.69 Å². The van der Waals surface area contributed by atoms with E-state index in [2.05, 4.69) is 5.32 Å². The fourth-order valence-electron chi connectivity index (χ4n) is 2.60. The summed E-state index contributed by atoms with van der Waals surface area (Å²) in [5.41, 5.74) is -0.109. The van der Waals surface area contributed by atoms with Crippen LogP contribution in [0, 0.1) is 0 Å². The molecule has 0 unspecified atom stereocenters. The van der Waals surface area contributed by atoms with E-state index in [-0.39, 0.29) is 6.42 Å². The zero-order valence-corrected chi connectivity index (χ0v) is 17.0. The van der Waals surface area contributed by atoms with Crippen molar-refractivity contribution in [1.82, 2.24) is 0 Å². The van der Waals surface area contributed by atoms with Crippen molar-refractivity contribution in [1.29, 1.82) is 0 Å². The van der Waals surface area contributed by atoms with Gasteiger partial charge in [-0.25, -0.2) is 4.79 Å². The largest absolute Gasteiger partial charge is 0.494 e. The van der Waals surface area contributed by atoms with Crippen molar-refractivity contribution >= 4 is 30.3 Å². The van der Waals surface area contributed by atoms with Crippen molar-refractivity contribution in [3.63, 3.8) is 0 Å². The molecule has 1 heterocycles. The van der Waals surface area contributed by atoms with Crippen molar-refractivity contribution in [2.75, 3.05) is 5.32 Å². The first-order chi connectivity index (χ1) is 12.2. The molecule has 7 nitrogen and oxygen atoms in total. The molecule has 1 aliphatic rings. The Bertz CT molecular complexity index is 722. The molecule has 0 spiro atoms. The van der Waals surface area contributed by atoms with Crippen molar-refractivity contribution in [3.05, 3.63) is 23.8 Å². The molecule has 0 atom stereocenters. The number of nitrogens with one attached hydrogen (secondary N) is 1. The molecule has 1 saturated heterocycles. The first kappa shape index (κ1) is 21.2. The predicted molar refractivity (Wildman–Crippen MR) is 103 cm³/mol. The minimum absolute atomic E-state index is 0.184. The van der Waals surface area contributed by atoms with Crippen LogP contribution in [0.3, 0.4) is 0 Å². The second kappa shape index (κ2) is 7.17. The molecule has 0 saturated carbocycles. The first-order valence-electron chi connectivity index (χ1n) is 8.90. The molecule has 1 fully saturated rings. The van der Waals surface area contributed by atoms with Crippen LogP contribution in [0.5, 0.6) is 0 Å². The average Bonchev–Trinajstić information content (AvgIpc) is 2.64. The van der Waals surface area contributed by atoms with Gasteiger partial charge in [0.1, 0.15) is 5.60 Å². The summed E-state index contributed by atoms with van der Waals surface area (Å²) >= 11 is 0. The molecule has 148 valence electrons. The summed E-state index contributed by atoms with van der Waals surface area (Å²) in [5.74, 6) is -0.968. The predicted octanol–water partition coefficient (Wildman–Crippen LogP) is 2.96. The first-order valence-corrected chi connectivity index (χ1v) is 8.90. The minimum atomic E-state index is -0.968. The van der Waals surface area contributed by atoms with Crippen LogP contribution in [0.1, 0.15) is 54.0 Å². The van der Waals surface area contributed by atoms with Gasteiger partial charge in [0.2, 0.25) is 0 Å². The molecule has 2 N–H and O–H groups in total. The van der Waals surface area contributed by atoms with Gasteiger partial charge in [-0.15, -0.1) is 0 Å². The molecule has 1 aliphatic heterocycles. The third kappa shape index (κ3) is 5.46. The fraction of sp³-hybridized carbons (Fsp3) is 0.579. The van der Waals surface area contributed by atoms with Crippen molar-refractivity contribution in [2.24, 2.45) is 0 Å². The van der Waals surface area contributed by atoms with E-state index in [0.29, 0.717) is 16.7 Å². The molecule has 0 bridgehead atoms. The molecule has 1 amide bonds. The maximum atomic E-state index is 12.1. The summed E-state index contributed by atoms with van der Waals surface area (Å²) in [6.07, 6.45) is -0.800. The van der Waals surface area contributed by atoms with Gasteiger partial charge >= 0.3 is 19.2 Å². The molecular formula is C19H28BNO6. The van der Waals surface area contributed by atoms with Gasteiger partial charge in [0.05, 0.1) is 17.6 Å². The van der Waals surface area contributed by atoms with Crippen LogP contribution in [0.2, 0.25) is 0 Å². The smallest absolute Gasteiger partial charge is 0.481 e. The third-order valence-corrected chi connectivity index (χ3v) is 4.54. The topological polar surface area (TPSA) is 94.1 Å². The normalized spacial score (nSPS) is 18.3. The van der Waals surface area contributed by atoms with Gasteiger partial charge < -0.3 is 19.2 Å². The van der Waals surface area contributed by atoms with Gasteiger partial charge in [-0.2, -0.15) is 0 Å². The maximum absolute atomic E-state index is 12.1. The van der Waals surface area contributed by atoms with Gasteiger partial charge in [0.15, 0.2) is 0 Å². The molecule has 1 aromatic carbocycles. The van der Waals surface area contributed by atoms with Crippen LogP contribution in [0.4, 0.5) is 10.5 Å². The molecule has 0 aliphatic carbocycles. The monoisotopic (exact) mass is 377 g/mol. The molecule has 8 heteroatoms. The Morgan fingerprint density at radius 2 is 1.67 bits per heavy atom. The summed E-state index contributed by atoms with van der Waals surface area (Å²) < 4.78 is 17.3. The number of ether oxygens (including phenoxy) is 1. The van der Waals surface area contributed by atoms with Crippen LogP contribution in [-0.4, -0.2) is 41.1 Å². The van der Waals surface area contributed by atoms with E-state index in [1.54, 1.807) is 39.0 Å². The summed E-state index contributed by atoms with van der Waals surface area (Å²) in [7, 11) is -0.664. The van der Waals surface area contributed by atoms with Crippen molar-refractivity contribution < 1.29 is 28.7 Å². The Morgan fingerprint density at radius 3 is 2.15 bits per heavy atom. The van der Waals surface area contributed by atoms with Crippen LogP contribution < -0.4 is 10.8 Å². The number of carboxylic acid groups (broad SMARTS) is 1. The molecule has 27 heavy (non-hydrogen) atoms. The number of hydrogen-bond donors (Lipinski definition) is 2. The number of carbonyl (C=O) groups is 2. The molecule has 2 rings (SSSR count). The fourth-order valence-corrected chi connectivity index (χ4v) is 2.60. The second-order valence-electron chi connectivity index (χ2n) is 8.75. The van der Waals surface area contributed by atoms with E-state index in [4.69, 9.17) is 19.2 Å². The van der Waals surface area contributed by atoms with Crippen LogP contribution >= 0.6 is 0 Å². The highest BCUT2D eigenvalue weighted by Gasteiger charge is 2.51. The highest BCUT2D eigenvalue weighted by Crippen LogP contribution is 2.36. The summed E-state index contributed by atoms with van der Waals surface area (Å²) in [4.78, 5) is 23.2. The maximum Gasteiger partial charge on any atom is 0.494 e. The van der Waals surface area contributed by atoms with Crippen LogP contribution in [-0.2, 0) is 25.3 Å². The van der Waals surface area contributed by atoms with E-state index in [1.807, 2.05) is 27.7 Å². The third-order valence-electron chi connectivity index (χ3n) is 4.54.